The van der Waals surface area contributed by atoms with Crippen LogP contribution in [0.15, 0.2) is 12.2 Å². The van der Waals surface area contributed by atoms with Crippen molar-refractivity contribution in [3.8, 4) is 6.07 Å². The summed E-state index contributed by atoms with van der Waals surface area (Å²) >= 11 is 1.50. The normalized spacial score (nSPS) is 29.7. The molecular weight excluding hydrogens is 336 g/mol. The highest BCUT2D eigenvalue weighted by Gasteiger charge is 2.51. The van der Waals surface area contributed by atoms with E-state index in [0.717, 1.165) is 37.7 Å². The number of anilines is 1. The Bertz CT molecular complexity index is 804. The van der Waals surface area contributed by atoms with Crippen molar-refractivity contribution in [1.82, 2.24) is 0 Å². The van der Waals surface area contributed by atoms with Gasteiger partial charge in [-0.25, -0.2) is 0 Å². The van der Waals surface area contributed by atoms with Crippen molar-refractivity contribution in [3.63, 3.8) is 0 Å². The van der Waals surface area contributed by atoms with E-state index < -0.39 is 17.8 Å². The van der Waals surface area contributed by atoms with Gasteiger partial charge in [-0.3, -0.25) is 9.59 Å². The van der Waals surface area contributed by atoms with E-state index in [1.807, 2.05) is 12.2 Å². The average Bonchev–Trinajstić information content (AvgIpc) is 3.23. The van der Waals surface area contributed by atoms with Gasteiger partial charge in [0, 0.05) is 4.88 Å². The van der Waals surface area contributed by atoms with Crippen LogP contribution in [0.25, 0.3) is 0 Å². The van der Waals surface area contributed by atoms with Crippen LogP contribution >= 0.6 is 11.3 Å². The molecule has 0 aromatic carbocycles. The molecule has 0 unspecified atom stereocenters. The molecule has 3 aliphatic carbocycles. The first-order valence-electron chi connectivity index (χ1n) is 8.86. The maximum Gasteiger partial charge on any atom is 0.307 e. The van der Waals surface area contributed by atoms with Gasteiger partial charge in [0.1, 0.15) is 11.1 Å². The summed E-state index contributed by atoms with van der Waals surface area (Å²) in [5, 5.41) is 22.6. The fourth-order valence-electron chi connectivity index (χ4n) is 4.66. The van der Waals surface area contributed by atoms with Gasteiger partial charge in [0.15, 0.2) is 0 Å². The van der Waals surface area contributed by atoms with Gasteiger partial charge in [0.25, 0.3) is 0 Å². The van der Waals surface area contributed by atoms with Crippen molar-refractivity contribution in [2.24, 2.45) is 23.7 Å². The predicted molar refractivity (Wildman–Crippen MR) is 94.3 cm³/mol. The molecule has 25 heavy (non-hydrogen) atoms. The number of carboxylic acid groups (broad SMARTS) is 1. The fourth-order valence-corrected chi connectivity index (χ4v) is 5.90. The van der Waals surface area contributed by atoms with Gasteiger partial charge in [-0.05, 0) is 49.5 Å². The Labute approximate surface area is 150 Å². The molecule has 130 valence electrons. The summed E-state index contributed by atoms with van der Waals surface area (Å²) in [6, 6.07) is 2.26. The van der Waals surface area contributed by atoms with E-state index in [0.29, 0.717) is 10.6 Å². The highest BCUT2D eigenvalue weighted by Crippen LogP contribution is 2.49. The lowest BCUT2D eigenvalue weighted by Gasteiger charge is -2.23. The van der Waals surface area contributed by atoms with Crippen molar-refractivity contribution >= 4 is 28.2 Å². The lowest BCUT2D eigenvalue weighted by Crippen LogP contribution is -2.36. The molecule has 0 saturated heterocycles. The smallest absolute Gasteiger partial charge is 0.307 e. The van der Waals surface area contributed by atoms with Crippen LogP contribution in [0, 0.1) is 35.0 Å². The van der Waals surface area contributed by atoms with Crippen LogP contribution < -0.4 is 5.32 Å². The third kappa shape index (κ3) is 2.67. The van der Waals surface area contributed by atoms with Gasteiger partial charge < -0.3 is 10.4 Å². The number of nitrogens with zero attached hydrogens (tertiary/aromatic N) is 1. The van der Waals surface area contributed by atoms with Gasteiger partial charge in [-0.1, -0.05) is 18.6 Å². The summed E-state index contributed by atoms with van der Waals surface area (Å²) in [6.07, 6.45) is 9.85. The standard InChI is InChI=1S/C19H20N2O3S/c20-9-13-12-4-2-1-3-5-14(12)25-18(13)21-17(22)15-10-6-7-11(8-10)16(15)19(23)24/h6-7,10-11,15-16H,1-5,8H2,(H,21,22)(H,23,24)/t10-,11+,15+,16-/m1/s1. The van der Waals surface area contributed by atoms with E-state index >= 15 is 0 Å². The Morgan fingerprint density at radius 1 is 1.16 bits per heavy atom. The quantitative estimate of drug-likeness (QED) is 0.642. The molecule has 6 heteroatoms. The summed E-state index contributed by atoms with van der Waals surface area (Å²) in [5.74, 6) is -2.40. The molecule has 0 spiro atoms. The molecule has 0 aliphatic heterocycles. The molecule has 4 atom stereocenters. The van der Waals surface area contributed by atoms with Crippen molar-refractivity contribution < 1.29 is 14.7 Å². The third-order valence-electron chi connectivity index (χ3n) is 5.82. The van der Waals surface area contributed by atoms with E-state index in [4.69, 9.17) is 0 Å². The number of rotatable bonds is 3. The number of amides is 1. The number of aryl methyl sites for hydroxylation is 1. The first-order valence-corrected chi connectivity index (χ1v) is 9.68. The van der Waals surface area contributed by atoms with Crippen LogP contribution in [0.4, 0.5) is 5.00 Å². The number of hydrogen-bond donors (Lipinski definition) is 2. The molecule has 1 aromatic heterocycles. The number of aliphatic carboxylic acids is 1. The van der Waals surface area contributed by atoms with Gasteiger partial charge >= 0.3 is 5.97 Å². The monoisotopic (exact) mass is 356 g/mol. The van der Waals surface area contributed by atoms with Crippen LogP contribution in [0.3, 0.4) is 0 Å². The molecule has 0 radical (unpaired) electrons. The number of hydrogen-bond acceptors (Lipinski definition) is 4. The molecule has 1 amide bonds. The second kappa shape index (κ2) is 6.30. The number of nitriles is 1. The van der Waals surface area contributed by atoms with E-state index in [2.05, 4.69) is 11.4 Å². The maximum atomic E-state index is 12.9. The first kappa shape index (κ1) is 16.3. The van der Waals surface area contributed by atoms with Gasteiger partial charge in [0.05, 0.1) is 17.4 Å². The number of fused-ring (bicyclic) bond motifs is 3. The molecule has 4 rings (SSSR count). The van der Waals surface area contributed by atoms with Crippen molar-refractivity contribution in [3.05, 3.63) is 28.2 Å². The molecule has 1 aromatic rings. The molecule has 5 nitrogen and oxygen atoms in total. The summed E-state index contributed by atoms with van der Waals surface area (Å²) in [5.41, 5.74) is 1.67. The number of allylic oxidation sites excluding steroid dienone is 2. The van der Waals surface area contributed by atoms with Crippen molar-refractivity contribution in [2.75, 3.05) is 5.32 Å². The van der Waals surface area contributed by atoms with Crippen LogP contribution in [-0.2, 0) is 22.4 Å². The summed E-state index contributed by atoms with van der Waals surface area (Å²) < 4.78 is 0. The molecule has 1 fully saturated rings. The Kier molecular flexibility index (Phi) is 4.12. The number of carboxylic acids is 1. The number of carbonyl (C=O) groups is 2. The highest BCUT2D eigenvalue weighted by atomic mass is 32.1. The Hall–Kier alpha value is -2.13. The summed E-state index contributed by atoms with van der Waals surface area (Å²) in [4.78, 5) is 25.7. The first-order chi connectivity index (χ1) is 12.1. The van der Waals surface area contributed by atoms with Crippen LogP contribution in [0.2, 0.25) is 0 Å². The van der Waals surface area contributed by atoms with Crippen molar-refractivity contribution in [2.45, 2.75) is 38.5 Å². The van der Waals surface area contributed by atoms with Gasteiger partial charge in [0.2, 0.25) is 5.91 Å². The fraction of sp³-hybridized carbons (Fsp3) is 0.526. The largest absolute Gasteiger partial charge is 0.481 e. The number of thiophene rings is 1. The van der Waals surface area contributed by atoms with E-state index in [1.54, 1.807) is 0 Å². The Balaban J connectivity index is 1.60. The van der Waals surface area contributed by atoms with Crippen LogP contribution in [0.1, 0.15) is 41.7 Å². The minimum Gasteiger partial charge on any atom is -0.481 e. The van der Waals surface area contributed by atoms with Crippen LogP contribution in [0.5, 0.6) is 0 Å². The van der Waals surface area contributed by atoms with Crippen molar-refractivity contribution in [1.29, 1.82) is 5.26 Å². The topological polar surface area (TPSA) is 90.2 Å². The summed E-state index contributed by atoms with van der Waals surface area (Å²) in [6.45, 7) is 0. The lowest BCUT2D eigenvalue weighted by atomic mass is 9.82. The zero-order valence-electron chi connectivity index (χ0n) is 13.8. The SMILES string of the molecule is N#Cc1c(NC(=O)[C@@H]2[C@H](C(=O)O)[C@H]3C=C[C@@H]2C3)sc2c1CCCCC2. The molecule has 2 N–H and O–H groups in total. The zero-order valence-corrected chi connectivity index (χ0v) is 14.6. The van der Waals surface area contributed by atoms with E-state index in [1.165, 1.54) is 22.6 Å². The zero-order chi connectivity index (χ0) is 17.6. The molecule has 3 aliphatic rings. The Morgan fingerprint density at radius 3 is 2.60 bits per heavy atom. The minimum absolute atomic E-state index is 0.00516. The second-order valence-corrected chi connectivity index (χ2v) is 8.31. The summed E-state index contributed by atoms with van der Waals surface area (Å²) in [7, 11) is 0. The molecule has 2 bridgehead atoms. The number of carbonyl (C=O) groups excluding carboxylic acids is 1. The molecular formula is C19H20N2O3S. The maximum absolute atomic E-state index is 12.9. The van der Waals surface area contributed by atoms with E-state index in [-0.39, 0.29) is 17.7 Å². The second-order valence-electron chi connectivity index (χ2n) is 7.21. The molecule has 1 heterocycles. The number of nitrogens with one attached hydrogen (secondary N) is 1. The average molecular weight is 356 g/mol. The Morgan fingerprint density at radius 2 is 1.88 bits per heavy atom. The van der Waals surface area contributed by atoms with E-state index in [9.17, 15) is 20.0 Å². The van der Waals surface area contributed by atoms with Crippen LogP contribution in [-0.4, -0.2) is 17.0 Å². The van der Waals surface area contributed by atoms with Gasteiger partial charge in [-0.15, -0.1) is 11.3 Å². The molecule has 1 saturated carbocycles. The highest BCUT2D eigenvalue weighted by molar-refractivity contribution is 7.16. The van der Waals surface area contributed by atoms with Gasteiger partial charge in [-0.2, -0.15) is 5.26 Å². The third-order valence-corrected chi connectivity index (χ3v) is 7.02. The predicted octanol–water partition coefficient (Wildman–Crippen LogP) is 3.35. The lowest BCUT2D eigenvalue weighted by molar-refractivity contribution is -0.146. The minimum atomic E-state index is -0.903.